The molecule has 4 nitrogen and oxygen atoms in total. The molecule has 18 aromatic rings. The van der Waals surface area contributed by atoms with Crippen LogP contribution in [-0.4, -0.2) is 13.7 Å². The van der Waals surface area contributed by atoms with Gasteiger partial charge in [0.05, 0.1) is 32.6 Å². The molecule has 10 aliphatic rings. The molecule has 7 heteroatoms. The van der Waals surface area contributed by atoms with Crippen LogP contribution in [0.3, 0.4) is 0 Å². The fourth-order valence-electron chi connectivity index (χ4n) is 26.5. The molecule has 1 aromatic heterocycles. The van der Waals surface area contributed by atoms with Gasteiger partial charge in [0.15, 0.2) is 0 Å². The van der Waals surface area contributed by atoms with Crippen LogP contribution in [0.15, 0.2) is 334 Å². The Hall–Kier alpha value is -13.2. The molecule has 1 atom stereocenters. The lowest BCUT2D eigenvalue weighted by atomic mass is 9.42. The quantitative estimate of drug-likeness (QED) is 0.163. The van der Waals surface area contributed by atoms with E-state index in [-0.39, 0.29) is 35.4 Å². The van der Waals surface area contributed by atoms with Crippen LogP contribution in [0, 0.1) is 0 Å². The molecular formula is C116H86B2N4S. The molecule has 17 aromatic carbocycles. The van der Waals surface area contributed by atoms with E-state index in [2.05, 4.69) is 402 Å². The van der Waals surface area contributed by atoms with Gasteiger partial charge in [-0.2, -0.15) is 0 Å². The van der Waals surface area contributed by atoms with Gasteiger partial charge >= 0.3 is 13.7 Å². The zero-order valence-corrected chi connectivity index (χ0v) is 71.0. The fraction of sp³-hybridized carbons (Fsp3) is 0.155. The Morgan fingerprint density at radius 2 is 0.780 bits per heavy atom. The van der Waals surface area contributed by atoms with Gasteiger partial charge in [0.25, 0.3) is 0 Å². The summed E-state index contributed by atoms with van der Waals surface area (Å²) < 4.78 is 2.62. The summed E-state index contributed by atoms with van der Waals surface area (Å²) in [5.74, 6) is 0. The molecule has 1 unspecified atom stereocenters. The molecule has 4 aliphatic carbocycles. The van der Waals surface area contributed by atoms with Crippen molar-refractivity contribution in [1.82, 2.24) is 0 Å². The second-order valence-electron chi connectivity index (χ2n) is 39.4. The average molecular weight is 1590 g/mol. The van der Waals surface area contributed by atoms with Crippen LogP contribution in [0.4, 0.5) is 56.9 Å². The third-order valence-electron chi connectivity index (χ3n) is 31.9. The minimum atomic E-state index is -0.579. The van der Waals surface area contributed by atoms with Gasteiger partial charge in [-0.3, -0.25) is 0 Å². The molecule has 0 bridgehead atoms. The molecule has 0 fully saturated rings. The van der Waals surface area contributed by atoms with Crippen LogP contribution < -0.4 is 41.3 Å². The van der Waals surface area contributed by atoms with Gasteiger partial charge in [-0.1, -0.05) is 315 Å². The third kappa shape index (κ3) is 8.56. The van der Waals surface area contributed by atoms with Crippen LogP contribution in [0.5, 0.6) is 0 Å². The van der Waals surface area contributed by atoms with Crippen molar-refractivity contribution in [2.24, 2.45) is 0 Å². The molecule has 0 saturated carbocycles. The van der Waals surface area contributed by atoms with Crippen LogP contribution >= 0.6 is 11.3 Å². The summed E-state index contributed by atoms with van der Waals surface area (Å²) in [7, 11) is 0. The standard InChI is InChI=1S/C116H86B2N4S/c1-111(2)57-58-112(3,4)94-66-101-81(65-93(94)111)82-62-69-29-8-9-30-73(69)107-105(82)117(96-47-28-45-91-109(96)120(107)99-50-24-21-43-89(99)116(91)85-40-18-12-33-76(85)77-34-13-19-41-86(77)116)121(101)71-54-56-87-92(64-71)113(5,6)59-60-114(87,7)67-68-53-55-72-70(61-68)63-102-106-104(72)80-36-14-22-48-97(80)122(100-51-26-37-79-78-35-15-25-52-103(78)123-110(79)100)118(106)95-46-27-44-90-108(95)119(102)98-49-23-20-42-88(98)115(90)83-38-16-10-31-74(83)75-32-11-17-39-84(75)115/h8-56,61-66H,57-60,67H2,1-7H3. The Morgan fingerprint density at radius 3 is 1.43 bits per heavy atom. The first-order chi connectivity index (χ1) is 60.1. The molecular weight excluding hydrogens is 1500 g/mol. The van der Waals surface area contributed by atoms with Gasteiger partial charge in [0.2, 0.25) is 0 Å². The van der Waals surface area contributed by atoms with Crippen molar-refractivity contribution in [2.45, 2.75) is 113 Å². The van der Waals surface area contributed by atoms with Crippen LogP contribution in [0.2, 0.25) is 0 Å². The lowest BCUT2D eigenvalue weighted by molar-refractivity contribution is 0.310. The van der Waals surface area contributed by atoms with Crippen LogP contribution in [-0.2, 0) is 38.9 Å². The molecule has 123 heavy (non-hydrogen) atoms. The second-order valence-corrected chi connectivity index (χ2v) is 40.4. The fourth-order valence-corrected chi connectivity index (χ4v) is 27.7. The number of nitrogens with zero attached hydrogens (tertiary/aromatic N) is 4. The molecule has 0 radical (unpaired) electrons. The summed E-state index contributed by atoms with van der Waals surface area (Å²) in [5.41, 5.74) is 45.0. The lowest BCUT2D eigenvalue weighted by Gasteiger charge is -2.52. The monoisotopic (exact) mass is 1590 g/mol. The highest BCUT2D eigenvalue weighted by Gasteiger charge is 2.60. The number of anilines is 10. The molecule has 6 aliphatic heterocycles. The average Bonchev–Trinajstić information content (AvgIpc) is 1.62. The Bertz CT molecular complexity index is 7800. The molecule has 28 rings (SSSR count). The van der Waals surface area contributed by atoms with Crippen LogP contribution in [0.25, 0.3) is 86.2 Å². The Labute approximate surface area is 723 Å². The Balaban J connectivity index is 0.647. The summed E-state index contributed by atoms with van der Waals surface area (Å²) in [4.78, 5) is 11.1. The smallest absolute Gasteiger partial charge is 0.333 e. The molecule has 582 valence electrons. The van der Waals surface area contributed by atoms with Crippen molar-refractivity contribution >= 4 is 145 Å². The van der Waals surface area contributed by atoms with E-state index in [4.69, 9.17) is 0 Å². The number of rotatable bonds is 4. The predicted molar refractivity (Wildman–Crippen MR) is 519 cm³/mol. The maximum atomic E-state index is 2.88. The highest BCUT2D eigenvalue weighted by atomic mass is 32.1. The largest absolute Gasteiger partial charge is 0.376 e. The number of thiophene rings is 1. The molecule has 0 saturated heterocycles. The Kier molecular flexibility index (Phi) is 13.4. The molecule has 0 N–H and O–H groups in total. The Morgan fingerprint density at radius 1 is 0.285 bits per heavy atom. The van der Waals surface area contributed by atoms with Gasteiger partial charge in [0, 0.05) is 71.8 Å². The van der Waals surface area contributed by atoms with Crippen molar-refractivity contribution in [1.29, 1.82) is 0 Å². The van der Waals surface area contributed by atoms with Crippen molar-refractivity contribution in [3.63, 3.8) is 0 Å². The molecule has 0 amide bonds. The maximum absolute atomic E-state index is 2.88. The van der Waals surface area contributed by atoms with E-state index in [0.717, 1.165) is 32.1 Å². The predicted octanol–water partition coefficient (Wildman–Crippen LogP) is 27.0. The van der Waals surface area contributed by atoms with E-state index < -0.39 is 10.8 Å². The summed E-state index contributed by atoms with van der Waals surface area (Å²) in [6, 6.07) is 132. The molecule has 2 spiro atoms. The zero-order chi connectivity index (χ0) is 81.4. The van der Waals surface area contributed by atoms with Gasteiger partial charge in [0.1, 0.15) is 0 Å². The lowest BCUT2D eigenvalue weighted by Crippen LogP contribution is -2.63. The number of hydrogen-bond donors (Lipinski definition) is 0. The number of hydrogen-bond acceptors (Lipinski definition) is 5. The van der Waals surface area contributed by atoms with Gasteiger partial charge < -0.3 is 19.4 Å². The van der Waals surface area contributed by atoms with E-state index in [0.29, 0.717) is 0 Å². The third-order valence-corrected chi connectivity index (χ3v) is 33.2. The first-order valence-electron chi connectivity index (χ1n) is 44.7. The van der Waals surface area contributed by atoms with E-state index in [1.54, 1.807) is 0 Å². The SMILES string of the molecule is CC1(C)CCC(C)(C)c2cc3c(cc21)-c1cc2ccccc2c2c1B(c1cccc4c1N2c1ccccc1C41c2ccccc2-c2ccccc21)N3c1ccc2c(c1)C(C)(C)CCC2(C)Cc1ccc2c3c4c(cc2c1)N1c2ccccc2C2(c5ccccc5-c5ccccc52)c2cccc(c21)B4N(c1cccc2c1sc1ccccc12)c1ccccc1-3. The van der Waals surface area contributed by atoms with Crippen molar-refractivity contribution in [3.05, 3.63) is 406 Å². The van der Waals surface area contributed by atoms with Gasteiger partial charge in [-0.15, -0.1) is 11.3 Å². The highest BCUT2D eigenvalue weighted by molar-refractivity contribution is 7.26. The number of benzene rings is 17. The summed E-state index contributed by atoms with van der Waals surface area (Å²) in [6.45, 7) is 17.4. The van der Waals surface area contributed by atoms with E-state index in [9.17, 15) is 0 Å². The van der Waals surface area contributed by atoms with Crippen molar-refractivity contribution < 1.29 is 0 Å². The van der Waals surface area contributed by atoms with Gasteiger partial charge in [-0.05, 0) is 264 Å². The van der Waals surface area contributed by atoms with Crippen molar-refractivity contribution in [3.8, 4) is 44.5 Å². The maximum Gasteiger partial charge on any atom is 0.333 e. The highest BCUT2D eigenvalue weighted by Crippen LogP contribution is 2.68. The number of fused-ring (bicyclic) bond motifs is 35. The first-order valence-corrected chi connectivity index (χ1v) is 45.5. The zero-order valence-electron chi connectivity index (χ0n) is 70.1. The normalized spacial score (nSPS) is 18.2. The van der Waals surface area contributed by atoms with E-state index in [1.165, 1.54) is 237 Å². The van der Waals surface area contributed by atoms with E-state index >= 15 is 0 Å². The first kappa shape index (κ1) is 69.5. The summed E-state index contributed by atoms with van der Waals surface area (Å²) in [5, 5.41) is 7.73. The minimum absolute atomic E-state index is 0.0151. The summed E-state index contributed by atoms with van der Waals surface area (Å²) >= 11 is 1.93. The topological polar surface area (TPSA) is 13.0 Å². The number of para-hydroxylation sites is 5. The van der Waals surface area contributed by atoms with E-state index in [1.807, 2.05) is 11.3 Å². The molecule has 7 heterocycles. The van der Waals surface area contributed by atoms with Crippen molar-refractivity contribution in [2.75, 3.05) is 19.4 Å². The summed E-state index contributed by atoms with van der Waals surface area (Å²) in [6.07, 6.45) is 5.28. The van der Waals surface area contributed by atoms with Gasteiger partial charge in [-0.25, -0.2) is 0 Å². The van der Waals surface area contributed by atoms with Crippen LogP contribution in [0.1, 0.15) is 146 Å². The minimum Gasteiger partial charge on any atom is -0.376 e. The second kappa shape index (κ2) is 23.7.